The molecule has 4 rings (SSSR count). The summed E-state index contributed by atoms with van der Waals surface area (Å²) in [5.41, 5.74) is 2.54. The van der Waals surface area contributed by atoms with Crippen molar-refractivity contribution in [3.05, 3.63) is 87.8 Å². The van der Waals surface area contributed by atoms with Gasteiger partial charge in [-0.15, -0.1) is 0 Å². The van der Waals surface area contributed by atoms with Gasteiger partial charge >= 0.3 is 0 Å². The maximum atomic E-state index is 13.0. The van der Waals surface area contributed by atoms with Crippen molar-refractivity contribution in [3.8, 4) is 0 Å². The van der Waals surface area contributed by atoms with Gasteiger partial charge in [0.1, 0.15) is 12.2 Å². The van der Waals surface area contributed by atoms with Gasteiger partial charge in [-0.25, -0.2) is 4.68 Å². The van der Waals surface area contributed by atoms with Crippen LogP contribution in [0.15, 0.2) is 65.5 Å². The third-order valence-corrected chi connectivity index (χ3v) is 5.09. The zero-order valence-corrected chi connectivity index (χ0v) is 16.9. The van der Waals surface area contributed by atoms with Gasteiger partial charge < -0.3 is 10.2 Å². The van der Waals surface area contributed by atoms with Gasteiger partial charge in [0.2, 0.25) is 5.91 Å². The van der Waals surface area contributed by atoms with Gasteiger partial charge in [0.05, 0.1) is 0 Å². The van der Waals surface area contributed by atoms with Gasteiger partial charge in [-0.3, -0.25) is 19.2 Å². The van der Waals surface area contributed by atoms with E-state index in [4.69, 9.17) is 0 Å². The van der Waals surface area contributed by atoms with Crippen LogP contribution in [-0.4, -0.2) is 33.9 Å². The molecule has 2 aromatic carbocycles. The van der Waals surface area contributed by atoms with E-state index in [9.17, 15) is 19.2 Å². The lowest BCUT2D eigenvalue weighted by Gasteiger charge is -2.17. The Hall–Kier alpha value is -4.07. The van der Waals surface area contributed by atoms with Crippen molar-refractivity contribution < 1.29 is 14.4 Å². The normalized spacial score (nSPS) is 12.4. The standard InChI is InChI=1S/C23H20N4O4/c1-15(28)16-6-8-18(9-7-16)24-21(29)14-27-22(30)11-10-19(25-27)23(31)26-13-12-17-4-2-3-5-20(17)26/h2-11H,12-14H2,1H3,(H,24,29). The molecule has 31 heavy (non-hydrogen) atoms. The molecule has 0 bridgehead atoms. The molecule has 1 aromatic heterocycles. The van der Waals surface area contributed by atoms with E-state index >= 15 is 0 Å². The Morgan fingerprint density at radius 1 is 1.00 bits per heavy atom. The lowest BCUT2D eigenvalue weighted by molar-refractivity contribution is -0.117. The average molecular weight is 416 g/mol. The molecule has 0 radical (unpaired) electrons. The molecule has 1 N–H and O–H groups in total. The number of nitrogens with zero attached hydrogens (tertiary/aromatic N) is 3. The van der Waals surface area contributed by atoms with Crippen LogP contribution >= 0.6 is 0 Å². The van der Waals surface area contributed by atoms with E-state index in [2.05, 4.69) is 10.4 Å². The Labute approximate surface area is 178 Å². The Bertz CT molecular complexity index is 1230. The van der Waals surface area contributed by atoms with Crippen LogP contribution < -0.4 is 15.8 Å². The number of carbonyl (C=O) groups excluding carboxylic acids is 3. The fourth-order valence-corrected chi connectivity index (χ4v) is 3.49. The number of aromatic nitrogens is 2. The van der Waals surface area contributed by atoms with Crippen molar-refractivity contribution in [3.63, 3.8) is 0 Å². The molecule has 1 aliphatic heterocycles. The van der Waals surface area contributed by atoms with Gasteiger partial charge in [-0.05, 0) is 55.3 Å². The van der Waals surface area contributed by atoms with Gasteiger partial charge in [-0.2, -0.15) is 5.10 Å². The number of fused-ring (bicyclic) bond motifs is 1. The van der Waals surface area contributed by atoms with Gasteiger partial charge in [-0.1, -0.05) is 18.2 Å². The molecule has 0 saturated heterocycles. The van der Waals surface area contributed by atoms with Gasteiger partial charge in [0.15, 0.2) is 5.78 Å². The topological polar surface area (TPSA) is 101 Å². The predicted octanol–water partition coefficient (Wildman–Crippen LogP) is 2.29. The summed E-state index contributed by atoms with van der Waals surface area (Å²) in [5.74, 6) is -0.865. The number of anilines is 2. The molecule has 156 valence electrons. The number of ketones is 1. The number of para-hydroxylation sites is 1. The molecule has 0 atom stereocenters. The fourth-order valence-electron chi connectivity index (χ4n) is 3.49. The molecule has 8 heteroatoms. The number of rotatable bonds is 5. The Balaban J connectivity index is 1.49. The van der Waals surface area contributed by atoms with Crippen LogP contribution in [0.5, 0.6) is 0 Å². The van der Waals surface area contributed by atoms with Crippen LogP contribution in [0.25, 0.3) is 0 Å². The second-order valence-electron chi connectivity index (χ2n) is 7.23. The number of hydrogen-bond acceptors (Lipinski definition) is 5. The summed E-state index contributed by atoms with van der Waals surface area (Å²) in [6.45, 7) is 1.65. The Morgan fingerprint density at radius 2 is 1.74 bits per heavy atom. The first kappa shape index (κ1) is 20.2. The number of hydrogen-bond donors (Lipinski definition) is 1. The van der Waals surface area contributed by atoms with Crippen molar-refractivity contribution in [1.82, 2.24) is 9.78 Å². The molecular weight excluding hydrogens is 396 g/mol. The largest absolute Gasteiger partial charge is 0.324 e. The highest BCUT2D eigenvalue weighted by molar-refractivity contribution is 6.06. The average Bonchev–Trinajstić information content (AvgIpc) is 3.19. The highest BCUT2D eigenvalue weighted by atomic mass is 16.2. The lowest BCUT2D eigenvalue weighted by atomic mass is 10.1. The molecular formula is C23H20N4O4. The molecule has 0 aliphatic carbocycles. The van der Waals surface area contributed by atoms with E-state index in [1.807, 2.05) is 24.3 Å². The molecule has 0 spiro atoms. The van der Waals surface area contributed by atoms with Crippen molar-refractivity contribution in [2.24, 2.45) is 0 Å². The summed E-state index contributed by atoms with van der Waals surface area (Å²) >= 11 is 0. The first-order chi connectivity index (χ1) is 14.9. The molecule has 1 aliphatic rings. The van der Waals surface area contributed by atoms with Crippen molar-refractivity contribution in [1.29, 1.82) is 0 Å². The second kappa shape index (κ2) is 8.35. The molecule has 8 nitrogen and oxygen atoms in total. The smallest absolute Gasteiger partial charge is 0.278 e. The number of benzene rings is 2. The van der Waals surface area contributed by atoms with E-state index in [1.54, 1.807) is 29.2 Å². The molecule has 0 saturated carbocycles. The summed E-state index contributed by atoms with van der Waals surface area (Å²) in [5, 5.41) is 6.77. The van der Waals surface area contributed by atoms with Gasteiger partial charge in [0, 0.05) is 29.5 Å². The molecule has 0 unspecified atom stereocenters. The third kappa shape index (κ3) is 4.28. The maximum absolute atomic E-state index is 13.0. The van der Waals surface area contributed by atoms with Crippen molar-refractivity contribution >= 4 is 29.0 Å². The van der Waals surface area contributed by atoms with E-state index in [0.717, 1.165) is 22.4 Å². The zero-order valence-electron chi connectivity index (χ0n) is 16.9. The van der Waals surface area contributed by atoms with E-state index in [-0.39, 0.29) is 23.9 Å². The summed E-state index contributed by atoms with van der Waals surface area (Å²) in [7, 11) is 0. The number of nitrogens with one attached hydrogen (secondary N) is 1. The SMILES string of the molecule is CC(=O)c1ccc(NC(=O)Cn2nc(C(=O)N3CCc4ccccc43)ccc2=O)cc1. The Morgan fingerprint density at radius 3 is 2.48 bits per heavy atom. The summed E-state index contributed by atoms with van der Waals surface area (Å²) in [6, 6.07) is 16.7. The lowest BCUT2D eigenvalue weighted by Crippen LogP contribution is -2.34. The molecule has 0 fully saturated rings. The summed E-state index contributed by atoms with van der Waals surface area (Å²) < 4.78 is 0.967. The third-order valence-electron chi connectivity index (χ3n) is 5.09. The van der Waals surface area contributed by atoms with Crippen LogP contribution in [0.4, 0.5) is 11.4 Å². The van der Waals surface area contributed by atoms with Crippen LogP contribution in [-0.2, 0) is 17.8 Å². The van der Waals surface area contributed by atoms with Gasteiger partial charge in [0.25, 0.3) is 11.5 Å². The quantitative estimate of drug-likeness (QED) is 0.643. The first-order valence-corrected chi connectivity index (χ1v) is 9.81. The predicted molar refractivity (Wildman–Crippen MR) is 115 cm³/mol. The number of Topliss-reactive ketones (excluding diaryl/α,β-unsaturated/α-hetero) is 1. The van der Waals surface area contributed by atoms with Crippen molar-refractivity contribution in [2.45, 2.75) is 19.9 Å². The minimum absolute atomic E-state index is 0.0734. The fraction of sp³-hybridized carbons (Fsp3) is 0.174. The minimum Gasteiger partial charge on any atom is -0.324 e. The number of carbonyl (C=O) groups is 3. The van der Waals surface area contributed by atoms with E-state index in [1.165, 1.54) is 19.1 Å². The second-order valence-corrected chi connectivity index (χ2v) is 7.23. The first-order valence-electron chi connectivity index (χ1n) is 9.81. The highest BCUT2D eigenvalue weighted by Gasteiger charge is 2.26. The molecule has 2 heterocycles. The van der Waals surface area contributed by atoms with E-state index < -0.39 is 11.5 Å². The Kier molecular flexibility index (Phi) is 5.44. The van der Waals surface area contributed by atoms with E-state index in [0.29, 0.717) is 17.8 Å². The number of amides is 2. The minimum atomic E-state index is -0.486. The maximum Gasteiger partial charge on any atom is 0.278 e. The molecule has 3 aromatic rings. The van der Waals surface area contributed by atoms with Crippen LogP contribution in [0.1, 0.15) is 33.3 Å². The van der Waals surface area contributed by atoms with Crippen LogP contribution in [0.2, 0.25) is 0 Å². The monoisotopic (exact) mass is 416 g/mol. The van der Waals surface area contributed by atoms with Crippen LogP contribution in [0, 0.1) is 0 Å². The summed E-state index contributed by atoms with van der Waals surface area (Å²) in [6.07, 6.45) is 0.756. The highest BCUT2D eigenvalue weighted by Crippen LogP contribution is 2.28. The summed E-state index contributed by atoms with van der Waals surface area (Å²) in [4.78, 5) is 50.5. The molecule has 2 amide bonds. The zero-order chi connectivity index (χ0) is 22.0. The van der Waals surface area contributed by atoms with Crippen molar-refractivity contribution in [2.75, 3.05) is 16.8 Å². The van der Waals surface area contributed by atoms with Crippen LogP contribution in [0.3, 0.4) is 0 Å².